The predicted octanol–water partition coefficient (Wildman–Crippen LogP) is -0.150. The molecular formula is C8H11NO4S2. The highest BCUT2D eigenvalue weighted by Crippen LogP contribution is 2.06. The molecule has 5 nitrogen and oxygen atoms in total. The van der Waals surface area contributed by atoms with Crippen molar-refractivity contribution in [3.8, 4) is 0 Å². The molecule has 0 unspecified atom stereocenters. The summed E-state index contributed by atoms with van der Waals surface area (Å²) in [6, 6.07) is 6.98. The fourth-order valence-electron chi connectivity index (χ4n) is 1.03. The van der Waals surface area contributed by atoms with Gasteiger partial charge in [-0.2, -0.15) is 0 Å². The van der Waals surface area contributed by atoms with E-state index in [4.69, 9.17) is 0 Å². The van der Waals surface area contributed by atoms with Crippen LogP contribution in [0.25, 0.3) is 0 Å². The lowest BCUT2D eigenvalue weighted by atomic mass is 10.2. The van der Waals surface area contributed by atoms with E-state index in [0.29, 0.717) is 9.27 Å². The molecular weight excluding hydrogens is 238 g/mol. The molecule has 1 aromatic rings. The van der Waals surface area contributed by atoms with Crippen molar-refractivity contribution >= 4 is 21.8 Å². The van der Waals surface area contributed by atoms with Gasteiger partial charge in [0.2, 0.25) is 21.8 Å². The van der Waals surface area contributed by atoms with Gasteiger partial charge in [-0.3, -0.25) is 0 Å². The van der Waals surface area contributed by atoms with Gasteiger partial charge in [0.25, 0.3) is 0 Å². The maximum absolute atomic E-state index is 10.6. The third kappa shape index (κ3) is 3.61. The molecule has 15 heavy (non-hydrogen) atoms. The summed E-state index contributed by atoms with van der Waals surface area (Å²) in [6.45, 7) is 1.75. The summed E-state index contributed by atoms with van der Waals surface area (Å²) < 4.78 is 42.8. The second-order valence-electron chi connectivity index (χ2n) is 2.99. The van der Waals surface area contributed by atoms with Crippen molar-refractivity contribution in [2.24, 2.45) is 0 Å². The van der Waals surface area contributed by atoms with E-state index in [1.807, 2.05) is 6.92 Å². The second kappa shape index (κ2) is 5.24. The van der Waals surface area contributed by atoms with Crippen LogP contribution in [0.1, 0.15) is 11.1 Å². The molecule has 0 spiro atoms. The first kappa shape index (κ1) is 12.2. The SMILES string of the molecule is Cc1ccc(CN([SH](=O)=O)[SH](=O)=O)cc1. The van der Waals surface area contributed by atoms with Gasteiger partial charge in [0, 0.05) is 0 Å². The van der Waals surface area contributed by atoms with Gasteiger partial charge in [-0.15, -0.1) is 0 Å². The fourth-order valence-corrected chi connectivity index (χ4v) is 2.07. The van der Waals surface area contributed by atoms with Crippen molar-refractivity contribution < 1.29 is 16.8 Å². The van der Waals surface area contributed by atoms with Gasteiger partial charge in [0.15, 0.2) is 0 Å². The Morgan fingerprint density at radius 2 is 1.47 bits per heavy atom. The fraction of sp³-hybridized carbons (Fsp3) is 0.250. The van der Waals surface area contributed by atoms with Crippen LogP contribution in [0.4, 0.5) is 0 Å². The molecule has 0 saturated heterocycles. The molecule has 0 saturated carbocycles. The zero-order chi connectivity index (χ0) is 11.4. The highest BCUT2D eigenvalue weighted by Gasteiger charge is 2.09. The number of nitrogens with zero attached hydrogens (tertiary/aromatic N) is 1. The first-order valence-electron chi connectivity index (χ1n) is 4.12. The normalized spacial score (nSPS) is 11.5. The van der Waals surface area contributed by atoms with Crippen molar-refractivity contribution in [1.29, 1.82) is 0 Å². The van der Waals surface area contributed by atoms with E-state index < -0.39 is 21.8 Å². The highest BCUT2D eigenvalue weighted by molar-refractivity contribution is 7.85. The number of benzene rings is 1. The van der Waals surface area contributed by atoms with Gasteiger partial charge in [0.1, 0.15) is 0 Å². The number of aryl methyl sites for hydroxylation is 1. The highest BCUT2D eigenvalue weighted by atomic mass is 32.2. The molecule has 0 heterocycles. The minimum absolute atomic E-state index is 0.141. The van der Waals surface area contributed by atoms with Crippen LogP contribution in [0, 0.1) is 6.92 Å². The quantitative estimate of drug-likeness (QED) is 0.728. The van der Waals surface area contributed by atoms with Gasteiger partial charge in [-0.25, -0.2) is 16.8 Å². The Labute approximate surface area is 91.5 Å². The largest absolute Gasteiger partial charge is 0.217 e. The summed E-state index contributed by atoms with van der Waals surface area (Å²) in [5.74, 6) is 0. The number of hydrogen-bond donors (Lipinski definition) is 2. The average molecular weight is 249 g/mol. The van der Waals surface area contributed by atoms with Crippen molar-refractivity contribution in [3.63, 3.8) is 0 Å². The third-order valence-electron chi connectivity index (χ3n) is 1.82. The van der Waals surface area contributed by atoms with Crippen LogP contribution >= 0.6 is 0 Å². The van der Waals surface area contributed by atoms with Gasteiger partial charge in [-0.1, -0.05) is 33.5 Å². The Kier molecular flexibility index (Phi) is 4.25. The maximum atomic E-state index is 10.6. The van der Waals surface area contributed by atoms with Gasteiger partial charge in [-0.05, 0) is 12.5 Å². The average Bonchev–Trinajstić information content (AvgIpc) is 2.15. The molecule has 0 aliphatic carbocycles. The van der Waals surface area contributed by atoms with Crippen molar-refractivity contribution in [3.05, 3.63) is 35.4 Å². The monoisotopic (exact) mass is 249 g/mol. The minimum Gasteiger partial charge on any atom is -0.214 e. The van der Waals surface area contributed by atoms with Crippen LogP contribution in [0.3, 0.4) is 0 Å². The van der Waals surface area contributed by atoms with E-state index in [1.54, 1.807) is 24.3 Å². The molecule has 1 rings (SSSR count). The van der Waals surface area contributed by atoms with Gasteiger partial charge >= 0.3 is 0 Å². The Morgan fingerprint density at radius 3 is 1.87 bits per heavy atom. The summed E-state index contributed by atoms with van der Waals surface area (Å²) in [4.78, 5) is 0. The summed E-state index contributed by atoms with van der Waals surface area (Å²) in [5, 5.41) is 0. The molecule has 0 aromatic heterocycles. The zero-order valence-corrected chi connectivity index (χ0v) is 9.78. The molecule has 0 fully saturated rings. The molecule has 0 N–H and O–H groups in total. The van der Waals surface area contributed by atoms with Crippen LogP contribution in [-0.2, 0) is 28.3 Å². The van der Waals surface area contributed by atoms with Gasteiger partial charge in [0.05, 0.1) is 6.54 Å². The van der Waals surface area contributed by atoms with Crippen LogP contribution in [0.2, 0.25) is 0 Å². The van der Waals surface area contributed by atoms with Gasteiger partial charge < -0.3 is 0 Å². The zero-order valence-electron chi connectivity index (χ0n) is 7.99. The van der Waals surface area contributed by atoms with Crippen LogP contribution in [0.5, 0.6) is 0 Å². The van der Waals surface area contributed by atoms with Crippen LogP contribution in [0.15, 0.2) is 24.3 Å². The lowest BCUT2D eigenvalue weighted by Crippen LogP contribution is -2.19. The van der Waals surface area contributed by atoms with Crippen LogP contribution < -0.4 is 0 Å². The molecule has 0 bridgehead atoms. The number of rotatable bonds is 4. The lowest BCUT2D eigenvalue weighted by molar-refractivity contribution is 0.523. The van der Waals surface area contributed by atoms with E-state index in [1.165, 1.54) is 0 Å². The molecule has 0 amide bonds. The predicted molar refractivity (Wildman–Crippen MR) is 57.4 cm³/mol. The Balaban J connectivity index is 2.88. The Hall–Kier alpha value is -0.920. The molecule has 0 aliphatic rings. The van der Waals surface area contributed by atoms with E-state index >= 15 is 0 Å². The van der Waals surface area contributed by atoms with Crippen molar-refractivity contribution in [2.75, 3.05) is 0 Å². The van der Waals surface area contributed by atoms with E-state index in [-0.39, 0.29) is 6.54 Å². The summed E-state index contributed by atoms with van der Waals surface area (Å²) in [7, 11) is -6.20. The summed E-state index contributed by atoms with van der Waals surface area (Å²) in [5.41, 5.74) is 1.67. The molecule has 1 aromatic carbocycles. The van der Waals surface area contributed by atoms with E-state index in [2.05, 4.69) is 0 Å². The molecule has 84 valence electrons. The standard InChI is InChI=1S/C8H11NO4S2/c1-7-2-4-8(5-3-7)6-9(14(10)11)15(12)13/h2-5,14-15H,6H2,1H3. The number of thiol groups is 2. The summed E-state index contributed by atoms with van der Waals surface area (Å²) in [6.07, 6.45) is 0. The first-order valence-corrected chi connectivity index (χ1v) is 6.38. The van der Waals surface area contributed by atoms with E-state index in [9.17, 15) is 16.8 Å². The first-order chi connectivity index (χ1) is 7.00. The Bertz CT molecular complexity index is 438. The van der Waals surface area contributed by atoms with Crippen molar-refractivity contribution in [1.82, 2.24) is 3.71 Å². The molecule has 7 heteroatoms. The summed E-state index contributed by atoms with van der Waals surface area (Å²) >= 11 is 0. The molecule has 0 aliphatic heterocycles. The second-order valence-corrected chi connectivity index (χ2v) is 5.22. The van der Waals surface area contributed by atoms with Crippen LogP contribution in [-0.4, -0.2) is 20.5 Å². The Morgan fingerprint density at radius 1 is 1.00 bits per heavy atom. The topological polar surface area (TPSA) is 71.5 Å². The van der Waals surface area contributed by atoms with Crippen molar-refractivity contribution in [2.45, 2.75) is 13.5 Å². The maximum Gasteiger partial charge on any atom is 0.217 e. The number of hydrogen-bond acceptors (Lipinski definition) is 4. The molecule has 0 atom stereocenters. The smallest absolute Gasteiger partial charge is 0.214 e. The third-order valence-corrected chi connectivity index (χ3v) is 3.73. The lowest BCUT2D eigenvalue weighted by Gasteiger charge is -2.07. The van der Waals surface area contributed by atoms with E-state index in [0.717, 1.165) is 5.56 Å². The minimum atomic E-state index is -3.10. The molecule has 0 radical (unpaired) electrons.